The fourth-order valence-electron chi connectivity index (χ4n) is 3.79. The van der Waals surface area contributed by atoms with Gasteiger partial charge in [-0.25, -0.2) is 0 Å². The standard InChI is InChI=1S/C16H31N3O.ClH/c1-12-8-13(2)10-19(9-12)16(20)11-18-6-4-15(5-7-18)14(3)17;/h12-15H,4-11,17H2,1-3H3;1H. The molecule has 0 bridgehead atoms. The van der Waals surface area contributed by atoms with E-state index in [4.69, 9.17) is 5.73 Å². The summed E-state index contributed by atoms with van der Waals surface area (Å²) in [5.74, 6) is 2.25. The largest absolute Gasteiger partial charge is 0.341 e. The summed E-state index contributed by atoms with van der Waals surface area (Å²) in [6.07, 6.45) is 3.53. The Morgan fingerprint density at radius 1 is 1.19 bits per heavy atom. The number of piperidine rings is 2. The van der Waals surface area contributed by atoms with E-state index in [1.807, 2.05) is 0 Å². The molecule has 0 spiro atoms. The lowest BCUT2D eigenvalue weighted by molar-refractivity contribution is -0.135. The predicted molar refractivity (Wildman–Crippen MR) is 89.6 cm³/mol. The van der Waals surface area contributed by atoms with Crippen molar-refractivity contribution in [2.75, 3.05) is 32.7 Å². The highest BCUT2D eigenvalue weighted by atomic mass is 35.5. The Labute approximate surface area is 135 Å². The summed E-state index contributed by atoms with van der Waals surface area (Å²) in [5, 5.41) is 0. The lowest BCUT2D eigenvalue weighted by Crippen LogP contribution is -2.49. The average molecular weight is 318 g/mol. The monoisotopic (exact) mass is 317 g/mol. The van der Waals surface area contributed by atoms with E-state index < -0.39 is 0 Å². The molecular formula is C16H32ClN3O. The highest BCUT2D eigenvalue weighted by Gasteiger charge is 2.28. The lowest BCUT2D eigenvalue weighted by Gasteiger charge is -2.38. The van der Waals surface area contributed by atoms with E-state index in [-0.39, 0.29) is 18.4 Å². The first kappa shape index (κ1) is 18.7. The van der Waals surface area contributed by atoms with E-state index >= 15 is 0 Å². The number of nitrogens with two attached hydrogens (primary N) is 1. The first-order valence-corrected chi connectivity index (χ1v) is 8.21. The molecule has 0 aromatic heterocycles. The number of rotatable bonds is 3. The van der Waals surface area contributed by atoms with Gasteiger partial charge in [-0.3, -0.25) is 9.69 Å². The Balaban J connectivity index is 0.00000220. The molecule has 0 radical (unpaired) electrons. The minimum absolute atomic E-state index is 0. The summed E-state index contributed by atoms with van der Waals surface area (Å²) >= 11 is 0. The van der Waals surface area contributed by atoms with Gasteiger partial charge in [0.15, 0.2) is 0 Å². The van der Waals surface area contributed by atoms with E-state index in [1.165, 1.54) is 6.42 Å². The molecule has 2 saturated heterocycles. The van der Waals surface area contributed by atoms with Gasteiger partial charge in [0, 0.05) is 19.1 Å². The van der Waals surface area contributed by atoms with Gasteiger partial charge < -0.3 is 10.6 Å². The van der Waals surface area contributed by atoms with Crippen LogP contribution in [-0.2, 0) is 4.79 Å². The summed E-state index contributed by atoms with van der Waals surface area (Å²) in [6, 6.07) is 0.289. The van der Waals surface area contributed by atoms with E-state index in [9.17, 15) is 4.79 Å². The number of halogens is 1. The zero-order valence-electron chi connectivity index (χ0n) is 13.8. The number of likely N-dealkylation sites (tertiary alicyclic amines) is 2. The molecule has 21 heavy (non-hydrogen) atoms. The molecule has 2 fully saturated rings. The average Bonchev–Trinajstić information content (AvgIpc) is 2.38. The van der Waals surface area contributed by atoms with Crippen LogP contribution >= 0.6 is 12.4 Å². The number of carbonyl (C=O) groups is 1. The van der Waals surface area contributed by atoms with E-state index in [1.54, 1.807) is 0 Å². The predicted octanol–water partition coefficient (Wildman–Crippen LogP) is 1.97. The van der Waals surface area contributed by atoms with Crippen molar-refractivity contribution in [2.24, 2.45) is 23.5 Å². The Morgan fingerprint density at radius 2 is 1.71 bits per heavy atom. The summed E-state index contributed by atoms with van der Waals surface area (Å²) in [6.45, 7) is 11.1. The van der Waals surface area contributed by atoms with Gasteiger partial charge in [0.25, 0.3) is 0 Å². The molecule has 2 aliphatic rings. The Morgan fingerprint density at radius 3 is 2.19 bits per heavy atom. The molecule has 2 N–H and O–H groups in total. The van der Waals surface area contributed by atoms with Crippen LogP contribution in [0.2, 0.25) is 0 Å². The second kappa shape index (κ2) is 8.35. The number of amides is 1. The van der Waals surface area contributed by atoms with Crippen molar-refractivity contribution in [1.82, 2.24) is 9.80 Å². The second-order valence-corrected chi connectivity index (χ2v) is 7.22. The molecule has 4 nitrogen and oxygen atoms in total. The molecule has 0 aliphatic carbocycles. The van der Waals surface area contributed by atoms with Crippen LogP contribution in [-0.4, -0.2) is 54.5 Å². The normalized spacial score (nSPS) is 29.8. The third-order valence-electron chi connectivity index (χ3n) is 4.96. The third kappa shape index (κ3) is 5.42. The molecule has 2 aliphatic heterocycles. The molecule has 2 rings (SSSR count). The van der Waals surface area contributed by atoms with Crippen LogP contribution in [0.3, 0.4) is 0 Å². The summed E-state index contributed by atoms with van der Waals surface area (Å²) in [5.41, 5.74) is 5.97. The molecule has 124 valence electrons. The van der Waals surface area contributed by atoms with Crippen molar-refractivity contribution in [3.05, 3.63) is 0 Å². The Bertz CT molecular complexity index is 319. The van der Waals surface area contributed by atoms with Crippen molar-refractivity contribution in [3.63, 3.8) is 0 Å². The van der Waals surface area contributed by atoms with Crippen molar-refractivity contribution in [3.8, 4) is 0 Å². The van der Waals surface area contributed by atoms with Gasteiger partial charge in [0.05, 0.1) is 6.54 Å². The van der Waals surface area contributed by atoms with Gasteiger partial charge in [0.2, 0.25) is 5.91 Å². The van der Waals surface area contributed by atoms with Gasteiger partial charge >= 0.3 is 0 Å². The van der Waals surface area contributed by atoms with Crippen LogP contribution in [0.4, 0.5) is 0 Å². The van der Waals surface area contributed by atoms with Crippen molar-refractivity contribution in [1.29, 1.82) is 0 Å². The minimum atomic E-state index is 0. The molecule has 1 amide bonds. The van der Waals surface area contributed by atoms with Gasteiger partial charge in [0.1, 0.15) is 0 Å². The first-order valence-electron chi connectivity index (χ1n) is 8.21. The van der Waals surface area contributed by atoms with E-state index in [0.29, 0.717) is 30.2 Å². The fourth-order valence-corrected chi connectivity index (χ4v) is 3.79. The molecule has 0 aromatic carbocycles. The summed E-state index contributed by atoms with van der Waals surface area (Å²) in [4.78, 5) is 16.8. The van der Waals surface area contributed by atoms with Crippen LogP contribution in [0.25, 0.3) is 0 Å². The number of hydrogen-bond donors (Lipinski definition) is 1. The topological polar surface area (TPSA) is 49.6 Å². The maximum absolute atomic E-state index is 12.4. The van der Waals surface area contributed by atoms with Crippen LogP contribution in [0.15, 0.2) is 0 Å². The van der Waals surface area contributed by atoms with Gasteiger partial charge in [-0.15, -0.1) is 12.4 Å². The van der Waals surface area contributed by atoms with Crippen molar-refractivity contribution < 1.29 is 4.79 Å². The Kier molecular flexibility index (Phi) is 7.45. The summed E-state index contributed by atoms with van der Waals surface area (Å²) < 4.78 is 0. The van der Waals surface area contributed by atoms with Gasteiger partial charge in [-0.05, 0) is 57.0 Å². The zero-order chi connectivity index (χ0) is 14.7. The van der Waals surface area contributed by atoms with Gasteiger partial charge in [-0.2, -0.15) is 0 Å². The third-order valence-corrected chi connectivity index (χ3v) is 4.96. The van der Waals surface area contributed by atoms with Gasteiger partial charge in [-0.1, -0.05) is 13.8 Å². The van der Waals surface area contributed by atoms with Crippen LogP contribution in [0.5, 0.6) is 0 Å². The number of hydrogen-bond acceptors (Lipinski definition) is 3. The zero-order valence-corrected chi connectivity index (χ0v) is 14.6. The highest BCUT2D eigenvalue weighted by molar-refractivity contribution is 5.85. The van der Waals surface area contributed by atoms with Crippen molar-refractivity contribution in [2.45, 2.75) is 46.1 Å². The SMILES string of the molecule is CC1CC(C)CN(C(=O)CN2CCC(C(C)N)CC2)C1.Cl. The van der Waals surface area contributed by atoms with Crippen LogP contribution in [0.1, 0.15) is 40.0 Å². The Hall–Kier alpha value is -0.320. The highest BCUT2D eigenvalue weighted by Crippen LogP contribution is 2.22. The maximum atomic E-state index is 12.4. The number of nitrogens with zero attached hydrogens (tertiary/aromatic N) is 2. The molecule has 5 heteroatoms. The van der Waals surface area contributed by atoms with E-state index in [2.05, 4.69) is 30.6 Å². The quantitative estimate of drug-likeness (QED) is 0.866. The molecule has 3 unspecified atom stereocenters. The fraction of sp³-hybridized carbons (Fsp3) is 0.938. The van der Waals surface area contributed by atoms with Crippen LogP contribution < -0.4 is 5.73 Å². The smallest absolute Gasteiger partial charge is 0.236 e. The number of carbonyl (C=O) groups excluding carboxylic acids is 1. The maximum Gasteiger partial charge on any atom is 0.236 e. The van der Waals surface area contributed by atoms with Crippen molar-refractivity contribution >= 4 is 18.3 Å². The molecule has 2 heterocycles. The van der Waals surface area contributed by atoms with Crippen LogP contribution in [0, 0.1) is 17.8 Å². The minimum Gasteiger partial charge on any atom is -0.341 e. The molecular weight excluding hydrogens is 286 g/mol. The lowest BCUT2D eigenvalue weighted by atomic mass is 9.90. The molecule has 3 atom stereocenters. The second-order valence-electron chi connectivity index (χ2n) is 7.22. The summed E-state index contributed by atoms with van der Waals surface area (Å²) in [7, 11) is 0. The van der Waals surface area contributed by atoms with E-state index in [0.717, 1.165) is 39.0 Å². The molecule has 0 saturated carbocycles. The molecule has 0 aromatic rings. The first-order chi connectivity index (χ1) is 9.45.